The molecular weight excluding hydrogens is 465 g/mol. The summed E-state index contributed by atoms with van der Waals surface area (Å²) in [6.45, 7) is 4.93. The maximum Gasteiger partial charge on any atom is 0.123 e. The van der Waals surface area contributed by atoms with Crippen molar-refractivity contribution in [2.75, 3.05) is 17.2 Å². The molecule has 180 valence electrons. The van der Waals surface area contributed by atoms with E-state index in [1.54, 1.807) is 18.3 Å². The SMILES string of the molecule is CC(C)CNc1c(C#N)cnc2c(Cl)cc(N[C@H](C3=CN(C4CC4)NN3)c3ccc(F)cc3)cc12. The van der Waals surface area contributed by atoms with Gasteiger partial charge in [0.25, 0.3) is 0 Å². The Morgan fingerprint density at radius 1 is 1.26 bits per heavy atom. The number of benzene rings is 2. The van der Waals surface area contributed by atoms with E-state index in [0.717, 1.165) is 40.9 Å². The molecule has 0 spiro atoms. The number of hydrogen-bond donors (Lipinski definition) is 4. The van der Waals surface area contributed by atoms with Crippen molar-refractivity contribution < 1.29 is 4.39 Å². The van der Waals surface area contributed by atoms with Crippen LogP contribution in [-0.2, 0) is 0 Å². The number of hydrogen-bond acceptors (Lipinski definition) is 7. The summed E-state index contributed by atoms with van der Waals surface area (Å²) in [5, 5.41) is 20.0. The summed E-state index contributed by atoms with van der Waals surface area (Å²) in [5.74, 6) is 0.106. The largest absolute Gasteiger partial charge is 0.383 e. The maximum absolute atomic E-state index is 13.7. The van der Waals surface area contributed by atoms with E-state index in [9.17, 15) is 9.65 Å². The fourth-order valence-electron chi connectivity index (χ4n) is 4.13. The van der Waals surface area contributed by atoms with Gasteiger partial charge in [-0.05, 0) is 48.6 Å². The van der Waals surface area contributed by atoms with Gasteiger partial charge in [0.05, 0.1) is 33.5 Å². The fraction of sp³-hybridized carbons (Fsp3) is 0.308. The molecule has 4 N–H and O–H groups in total. The number of pyridine rings is 1. The minimum atomic E-state index is -0.292. The van der Waals surface area contributed by atoms with E-state index in [-0.39, 0.29) is 11.9 Å². The van der Waals surface area contributed by atoms with Crippen LogP contribution >= 0.6 is 11.6 Å². The summed E-state index contributed by atoms with van der Waals surface area (Å²) >= 11 is 6.66. The predicted molar refractivity (Wildman–Crippen MR) is 137 cm³/mol. The van der Waals surface area contributed by atoms with Crippen molar-refractivity contribution in [3.8, 4) is 6.07 Å². The third kappa shape index (κ3) is 4.97. The summed E-state index contributed by atoms with van der Waals surface area (Å²) < 4.78 is 13.7. The van der Waals surface area contributed by atoms with Gasteiger partial charge in [0.2, 0.25) is 0 Å². The van der Waals surface area contributed by atoms with Gasteiger partial charge < -0.3 is 16.1 Å². The molecule has 1 aromatic heterocycles. The summed E-state index contributed by atoms with van der Waals surface area (Å²) in [6.07, 6.45) is 5.89. The third-order valence-electron chi connectivity index (χ3n) is 6.11. The molecule has 3 aromatic rings. The molecule has 2 heterocycles. The van der Waals surface area contributed by atoms with Gasteiger partial charge in [0.15, 0.2) is 0 Å². The minimum absolute atomic E-state index is 0.289. The molecule has 0 saturated heterocycles. The van der Waals surface area contributed by atoms with E-state index in [1.807, 2.05) is 18.3 Å². The lowest BCUT2D eigenvalue weighted by Crippen LogP contribution is -2.38. The molecule has 9 heteroatoms. The maximum atomic E-state index is 13.7. The Morgan fingerprint density at radius 2 is 2.03 bits per heavy atom. The number of hydrazine groups is 2. The molecule has 1 aliphatic carbocycles. The van der Waals surface area contributed by atoms with Gasteiger partial charge in [-0.3, -0.25) is 9.99 Å². The molecule has 2 aliphatic rings. The van der Waals surface area contributed by atoms with Crippen molar-refractivity contribution in [1.82, 2.24) is 21.0 Å². The highest BCUT2D eigenvalue weighted by atomic mass is 35.5. The molecule has 0 radical (unpaired) electrons. The van der Waals surface area contributed by atoms with Crippen molar-refractivity contribution in [2.45, 2.75) is 38.8 Å². The first kappa shape index (κ1) is 23.2. The second kappa shape index (κ2) is 9.61. The quantitative estimate of drug-likeness (QED) is 0.333. The highest BCUT2D eigenvalue weighted by molar-refractivity contribution is 6.35. The van der Waals surface area contributed by atoms with Crippen molar-refractivity contribution in [2.24, 2.45) is 5.92 Å². The van der Waals surface area contributed by atoms with Crippen LogP contribution < -0.4 is 21.6 Å². The molecule has 1 fully saturated rings. The van der Waals surface area contributed by atoms with Gasteiger partial charge in [-0.15, -0.1) is 5.53 Å². The lowest BCUT2D eigenvalue weighted by molar-refractivity contribution is 0.260. The summed E-state index contributed by atoms with van der Waals surface area (Å²) in [4.78, 5) is 4.44. The number of anilines is 2. The third-order valence-corrected chi connectivity index (χ3v) is 6.39. The second-order valence-electron chi connectivity index (χ2n) is 9.38. The molecule has 35 heavy (non-hydrogen) atoms. The number of fused-ring (bicyclic) bond motifs is 1. The average Bonchev–Trinajstić information content (AvgIpc) is 3.58. The van der Waals surface area contributed by atoms with Gasteiger partial charge in [0.1, 0.15) is 11.9 Å². The van der Waals surface area contributed by atoms with Crippen LogP contribution in [0.15, 0.2) is 54.5 Å². The molecule has 2 aromatic carbocycles. The first-order chi connectivity index (χ1) is 16.9. The number of nitriles is 1. The van der Waals surface area contributed by atoms with Gasteiger partial charge >= 0.3 is 0 Å². The zero-order valence-corrected chi connectivity index (χ0v) is 20.3. The van der Waals surface area contributed by atoms with Crippen LogP contribution in [0.5, 0.6) is 0 Å². The molecule has 0 unspecified atom stereocenters. The predicted octanol–water partition coefficient (Wildman–Crippen LogP) is 5.45. The zero-order valence-electron chi connectivity index (χ0n) is 19.6. The summed E-state index contributed by atoms with van der Waals surface area (Å²) in [6, 6.07) is 12.6. The Balaban J connectivity index is 1.55. The van der Waals surface area contributed by atoms with Crippen LogP contribution in [0.1, 0.15) is 43.9 Å². The Morgan fingerprint density at radius 3 is 2.71 bits per heavy atom. The number of halogens is 2. The lowest BCUT2D eigenvalue weighted by atomic mass is 10.0. The van der Waals surface area contributed by atoms with Gasteiger partial charge in [-0.25, -0.2) is 4.39 Å². The van der Waals surface area contributed by atoms with E-state index in [4.69, 9.17) is 11.6 Å². The van der Waals surface area contributed by atoms with E-state index >= 15 is 0 Å². The smallest absolute Gasteiger partial charge is 0.123 e. The first-order valence-electron chi connectivity index (χ1n) is 11.7. The molecule has 5 rings (SSSR count). The van der Waals surface area contributed by atoms with Crippen LogP contribution in [0, 0.1) is 23.1 Å². The van der Waals surface area contributed by atoms with Crippen LogP contribution in [0.3, 0.4) is 0 Å². The number of nitrogens with one attached hydrogen (secondary N) is 4. The Kier molecular flexibility index (Phi) is 6.37. The van der Waals surface area contributed by atoms with Crippen molar-refractivity contribution in [3.05, 3.63) is 76.5 Å². The Labute approximate surface area is 208 Å². The van der Waals surface area contributed by atoms with Crippen molar-refractivity contribution in [1.29, 1.82) is 5.26 Å². The number of nitrogens with zero attached hydrogens (tertiary/aromatic N) is 3. The summed E-state index contributed by atoms with van der Waals surface area (Å²) in [5.41, 5.74) is 10.8. The van der Waals surface area contributed by atoms with Crippen LogP contribution in [0.4, 0.5) is 15.8 Å². The normalized spacial score (nSPS) is 16.1. The molecule has 1 aliphatic heterocycles. The molecule has 1 saturated carbocycles. The molecule has 0 amide bonds. The molecule has 0 bridgehead atoms. The minimum Gasteiger partial charge on any atom is -0.383 e. The standard InChI is InChI=1S/C26H27ClFN7/c1-15(2)12-30-24-17(11-29)13-31-26-21(24)9-19(10-22(26)27)32-25(16-3-5-18(28)6-4-16)23-14-35(34-33-23)20-7-8-20/h3-6,9-10,13-15,20,25,32-34H,7-8,12H2,1-2H3,(H,30,31)/t25-/m0/s1. The van der Waals surface area contributed by atoms with Crippen molar-refractivity contribution in [3.63, 3.8) is 0 Å². The van der Waals surface area contributed by atoms with Gasteiger partial charge in [0, 0.05) is 36.1 Å². The second-order valence-corrected chi connectivity index (χ2v) is 9.78. The van der Waals surface area contributed by atoms with E-state index in [1.165, 1.54) is 12.1 Å². The Bertz CT molecular complexity index is 1310. The zero-order chi connectivity index (χ0) is 24.5. The van der Waals surface area contributed by atoms with Crippen LogP contribution in [0.2, 0.25) is 5.02 Å². The fourth-order valence-corrected chi connectivity index (χ4v) is 4.39. The van der Waals surface area contributed by atoms with Crippen molar-refractivity contribution >= 4 is 33.9 Å². The van der Waals surface area contributed by atoms with Gasteiger partial charge in [-0.1, -0.05) is 37.6 Å². The Hall–Kier alpha value is -3.54. The summed E-state index contributed by atoms with van der Waals surface area (Å²) in [7, 11) is 0. The van der Waals surface area contributed by atoms with E-state index in [0.29, 0.717) is 34.6 Å². The highest BCUT2D eigenvalue weighted by Crippen LogP contribution is 2.36. The molecular formula is C26H27ClFN7. The van der Waals surface area contributed by atoms with Crippen LogP contribution in [-0.4, -0.2) is 22.6 Å². The number of rotatable bonds is 8. The van der Waals surface area contributed by atoms with Crippen LogP contribution in [0.25, 0.3) is 10.9 Å². The molecule has 1 atom stereocenters. The monoisotopic (exact) mass is 491 g/mol. The lowest BCUT2D eigenvalue weighted by Gasteiger charge is -2.22. The number of aromatic nitrogens is 1. The first-order valence-corrected chi connectivity index (χ1v) is 12.1. The van der Waals surface area contributed by atoms with E-state index < -0.39 is 0 Å². The highest BCUT2D eigenvalue weighted by Gasteiger charge is 2.32. The average molecular weight is 492 g/mol. The van der Waals surface area contributed by atoms with Gasteiger partial charge in [-0.2, -0.15) is 5.26 Å². The van der Waals surface area contributed by atoms with E-state index in [2.05, 4.69) is 51.5 Å². The molecule has 7 nitrogen and oxygen atoms in total. The topological polar surface area (TPSA) is 88.0 Å².